The van der Waals surface area contributed by atoms with Crippen molar-refractivity contribution in [3.05, 3.63) is 72.7 Å². The number of sulfonamides is 1. The lowest BCUT2D eigenvalue weighted by Gasteiger charge is -2.37. The third kappa shape index (κ3) is 5.85. The largest absolute Gasteiger partial charge is 0.374 e. The summed E-state index contributed by atoms with van der Waals surface area (Å²) in [5.41, 5.74) is 2.15. The molecule has 0 radical (unpaired) electrons. The second-order valence-electron chi connectivity index (χ2n) is 8.06. The fraction of sp³-hybridized carbons (Fsp3) is 0.250. The van der Waals surface area contributed by atoms with Crippen molar-refractivity contribution in [3.63, 3.8) is 0 Å². The first kappa shape index (κ1) is 24.0. The molecule has 4 rings (SSSR count). The van der Waals surface area contributed by atoms with Crippen LogP contribution in [0.25, 0.3) is 0 Å². The van der Waals surface area contributed by atoms with Crippen LogP contribution in [0.1, 0.15) is 15.3 Å². The van der Waals surface area contributed by atoms with E-state index in [1.54, 1.807) is 42.5 Å². The molecule has 1 aliphatic rings. The smallest absolute Gasteiger partial charge is 0.263 e. The Morgan fingerprint density at radius 3 is 2.51 bits per heavy atom. The number of nitriles is 1. The van der Waals surface area contributed by atoms with Gasteiger partial charge in [0.25, 0.3) is 10.0 Å². The molecule has 3 aromatic rings. The van der Waals surface area contributed by atoms with Crippen LogP contribution in [-0.2, 0) is 14.8 Å². The fourth-order valence-corrected chi connectivity index (χ4v) is 4.84. The number of hydrogen-bond acceptors (Lipinski definition) is 8. The van der Waals surface area contributed by atoms with Crippen LogP contribution in [0.15, 0.2) is 72.0 Å². The highest BCUT2D eigenvalue weighted by Gasteiger charge is 2.25. The van der Waals surface area contributed by atoms with Gasteiger partial charge in [0.15, 0.2) is 0 Å². The van der Waals surface area contributed by atoms with Crippen LogP contribution in [0.3, 0.4) is 0 Å². The van der Waals surface area contributed by atoms with Crippen LogP contribution in [0.2, 0.25) is 0 Å². The molecule has 2 aromatic carbocycles. The number of aromatic nitrogens is 2. The summed E-state index contributed by atoms with van der Waals surface area (Å²) in [6, 6.07) is 16.8. The average Bonchev–Trinajstić information content (AvgIpc) is 2.89. The van der Waals surface area contributed by atoms with E-state index in [0.717, 1.165) is 11.4 Å². The molecule has 10 nitrogen and oxygen atoms in total. The van der Waals surface area contributed by atoms with E-state index >= 15 is 0 Å². The highest BCUT2D eigenvalue weighted by atomic mass is 32.2. The summed E-state index contributed by atoms with van der Waals surface area (Å²) in [7, 11) is -3.76. The van der Waals surface area contributed by atoms with Crippen LogP contribution in [0.4, 0.5) is 17.2 Å². The van der Waals surface area contributed by atoms with Gasteiger partial charge < -0.3 is 15.1 Å². The molecule has 0 spiro atoms. The molecule has 2 N–H and O–H groups in total. The van der Waals surface area contributed by atoms with Gasteiger partial charge in [-0.25, -0.2) is 18.4 Å². The molecule has 0 aliphatic carbocycles. The molecule has 0 saturated carbocycles. The summed E-state index contributed by atoms with van der Waals surface area (Å²) in [6.07, 6.45) is 2.73. The second-order valence-corrected chi connectivity index (χ2v) is 9.75. The van der Waals surface area contributed by atoms with Crippen molar-refractivity contribution in [2.45, 2.75) is 17.9 Å². The lowest BCUT2D eigenvalue weighted by Crippen LogP contribution is -2.52. The Morgan fingerprint density at radius 1 is 1.11 bits per heavy atom. The summed E-state index contributed by atoms with van der Waals surface area (Å²) in [4.78, 5) is 24.6. The standard InChI is InChI=1S/C24H25N7O3S.2H2/c1-18(28-20-4-2-3-19(15-20)16-25)24(32)31-13-11-30(12-14-31)21-5-7-22(8-6-21)35(33,34)29-23-9-10-26-17-27-23;;/h2-10,15,17-18,28H,11-14H2,1H3,(H,26,27,29);2*1H. The van der Waals surface area contributed by atoms with Gasteiger partial charge in [0.05, 0.1) is 16.5 Å². The van der Waals surface area contributed by atoms with E-state index in [-0.39, 0.29) is 19.5 Å². The zero-order valence-electron chi connectivity index (χ0n) is 19.1. The minimum absolute atomic E-state index is 0. The molecule has 1 aliphatic heterocycles. The van der Waals surface area contributed by atoms with Gasteiger partial charge in [-0.3, -0.25) is 9.52 Å². The molecule has 11 heteroatoms. The van der Waals surface area contributed by atoms with Crippen LogP contribution in [0.5, 0.6) is 0 Å². The van der Waals surface area contributed by atoms with Crippen molar-refractivity contribution in [2.24, 2.45) is 0 Å². The van der Waals surface area contributed by atoms with Crippen molar-refractivity contribution in [3.8, 4) is 6.07 Å². The molecule has 1 aromatic heterocycles. The summed E-state index contributed by atoms with van der Waals surface area (Å²) in [6.45, 7) is 4.18. The number of amides is 1. The Labute approximate surface area is 207 Å². The van der Waals surface area contributed by atoms with Crippen molar-refractivity contribution < 1.29 is 16.1 Å². The van der Waals surface area contributed by atoms with Gasteiger partial charge in [-0.1, -0.05) is 6.07 Å². The SMILES string of the molecule is CC(Nc1cccc(C#N)c1)C(=O)N1CCN(c2ccc(S(=O)(=O)Nc3ccncn3)cc2)CC1.[HH].[HH]. The second kappa shape index (κ2) is 10.4. The first-order chi connectivity index (χ1) is 16.9. The quantitative estimate of drug-likeness (QED) is 0.512. The zero-order chi connectivity index (χ0) is 24.8. The number of rotatable bonds is 7. The van der Waals surface area contributed by atoms with Gasteiger partial charge >= 0.3 is 0 Å². The highest BCUT2D eigenvalue weighted by Crippen LogP contribution is 2.21. The van der Waals surface area contributed by atoms with Crippen LogP contribution >= 0.6 is 0 Å². The number of carbonyl (C=O) groups excluding carboxylic acids is 1. The third-order valence-corrected chi connectivity index (χ3v) is 7.04. The molecule has 1 fully saturated rings. The molecule has 184 valence electrons. The molecule has 1 unspecified atom stereocenters. The van der Waals surface area contributed by atoms with Crippen LogP contribution < -0.4 is 14.9 Å². The monoisotopic (exact) mass is 495 g/mol. The first-order valence-electron chi connectivity index (χ1n) is 11.0. The molecule has 2 heterocycles. The maximum Gasteiger partial charge on any atom is 0.263 e. The minimum Gasteiger partial charge on any atom is -0.374 e. The number of carbonyl (C=O) groups is 1. The van der Waals surface area contributed by atoms with E-state index in [2.05, 4.69) is 31.0 Å². The van der Waals surface area contributed by atoms with E-state index in [4.69, 9.17) is 5.26 Å². The zero-order valence-corrected chi connectivity index (χ0v) is 19.9. The van der Waals surface area contributed by atoms with Gasteiger partial charge in [0.1, 0.15) is 18.2 Å². The Morgan fingerprint density at radius 2 is 1.86 bits per heavy atom. The number of benzene rings is 2. The molecule has 0 bridgehead atoms. The van der Waals surface area contributed by atoms with Gasteiger partial charge in [-0.2, -0.15) is 5.26 Å². The van der Waals surface area contributed by atoms with Crippen molar-refractivity contribution in [2.75, 3.05) is 41.1 Å². The van der Waals surface area contributed by atoms with Crippen LogP contribution in [-0.4, -0.2) is 61.4 Å². The van der Waals surface area contributed by atoms with Crippen molar-refractivity contribution in [1.29, 1.82) is 5.26 Å². The van der Waals surface area contributed by atoms with E-state index in [1.807, 2.05) is 17.9 Å². The number of nitrogens with zero attached hydrogens (tertiary/aromatic N) is 5. The number of piperazine rings is 1. The van der Waals surface area contributed by atoms with Crippen molar-refractivity contribution in [1.82, 2.24) is 14.9 Å². The van der Waals surface area contributed by atoms with Gasteiger partial charge in [0.2, 0.25) is 5.91 Å². The summed E-state index contributed by atoms with van der Waals surface area (Å²) < 4.78 is 27.6. The Bertz CT molecular complexity index is 1330. The maximum atomic E-state index is 12.9. The third-order valence-electron chi connectivity index (χ3n) is 5.67. The molecule has 1 saturated heterocycles. The van der Waals surface area contributed by atoms with Gasteiger partial charge in [-0.05, 0) is 55.5 Å². The van der Waals surface area contributed by atoms with E-state index in [9.17, 15) is 13.2 Å². The Balaban J connectivity index is 0.00000241. The number of anilines is 3. The van der Waals surface area contributed by atoms with E-state index in [0.29, 0.717) is 31.7 Å². The van der Waals surface area contributed by atoms with Gasteiger partial charge in [-0.15, -0.1) is 0 Å². The summed E-state index contributed by atoms with van der Waals surface area (Å²) in [5, 5.41) is 12.2. The normalized spacial score (nSPS) is 14.6. The topological polar surface area (TPSA) is 131 Å². The van der Waals surface area contributed by atoms with Crippen molar-refractivity contribution >= 4 is 33.1 Å². The highest BCUT2D eigenvalue weighted by molar-refractivity contribution is 7.92. The fourth-order valence-electron chi connectivity index (χ4n) is 3.83. The van der Waals surface area contributed by atoms with E-state index < -0.39 is 16.1 Å². The molecule has 1 atom stereocenters. The Kier molecular flexibility index (Phi) is 7.12. The predicted octanol–water partition coefficient (Wildman–Crippen LogP) is 2.79. The average molecular weight is 496 g/mol. The van der Waals surface area contributed by atoms with E-state index in [1.165, 1.54) is 18.6 Å². The summed E-state index contributed by atoms with van der Waals surface area (Å²) >= 11 is 0. The maximum absolute atomic E-state index is 12.9. The van der Waals surface area contributed by atoms with Crippen LogP contribution in [0, 0.1) is 11.3 Å². The molecule has 35 heavy (non-hydrogen) atoms. The molecular formula is C24H29N7O3S. The lowest BCUT2D eigenvalue weighted by molar-refractivity contribution is -0.131. The number of nitrogens with one attached hydrogen (secondary N) is 2. The number of hydrogen-bond donors (Lipinski definition) is 2. The minimum atomic E-state index is -3.76. The lowest BCUT2D eigenvalue weighted by atomic mass is 10.2. The molecule has 1 amide bonds. The molecular weight excluding hydrogens is 466 g/mol. The van der Waals surface area contributed by atoms with Gasteiger partial charge in [0, 0.05) is 46.6 Å². The Hall–Kier alpha value is -4.17. The predicted molar refractivity (Wildman–Crippen MR) is 137 cm³/mol. The summed E-state index contributed by atoms with van der Waals surface area (Å²) in [5.74, 6) is 0.190. The first-order valence-corrected chi connectivity index (χ1v) is 12.5.